The summed E-state index contributed by atoms with van der Waals surface area (Å²) in [5, 5.41) is 9.92. The zero-order chi connectivity index (χ0) is 23.0. The highest BCUT2D eigenvalue weighted by Gasteiger charge is 2.31. The molecule has 2 amide bonds. The van der Waals surface area contributed by atoms with Crippen LogP contribution >= 0.6 is 38.6 Å². The molecule has 0 saturated heterocycles. The monoisotopic (exact) mass is 539 g/mol. The number of esters is 1. The van der Waals surface area contributed by atoms with Gasteiger partial charge in [0, 0.05) is 22.8 Å². The number of hydrogen-bond acceptors (Lipinski definition) is 6. The number of thiophene rings is 2. The molecular formula is C23H30BrN3O3S2. The van der Waals surface area contributed by atoms with Crippen LogP contribution in [0.3, 0.4) is 0 Å². The Morgan fingerprint density at radius 3 is 2.72 bits per heavy atom. The highest BCUT2D eigenvalue weighted by Crippen LogP contribution is 2.40. The molecule has 3 heterocycles. The van der Waals surface area contributed by atoms with Crippen molar-refractivity contribution in [2.45, 2.75) is 72.1 Å². The van der Waals surface area contributed by atoms with Crippen molar-refractivity contribution >= 4 is 55.6 Å². The number of rotatable bonds is 4. The van der Waals surface area contributed by atoms with Gasteiger partial charge < -0.3 is 15.4 Å². The molecule has 174 valence electrons. The first-order valence-electron chi connectivity index (χ1n) is 11.0. The van der Waals surface area contributed by atoms with E-state index in [9.17, 15) is 9.59 Å². The number of fused-ring (bicyclic) bond motifs is 2. The number of hydrogen-bond donors (Lipinski definition) is 3. The van der Waals surface area contributed by atoms with Crippen LogP contribution in [0.15, 0.2) is 3.79 Å². The molecule has 0 aromatic carbocycles. The molecule has 6 nitrogen and oxygen atoms in total. The van der Waals surface area contributed by atoms with Gasteiger partial charge in [-0.3, -0.25) is 5.32 Å². The number of anilines is 1. The highest BCUT2D eigenvalue weighted by atomic mass is 79.9. The Morgan fingerprint density at radius 2 is 1.97 bits per heavy atom. The van der Waals surface area contributed by atoms with Crippen molar-refractivity contribution in [3.63, 3.8) is 0 Å². The fourth-order valence-corrected chi connectivity index (χ4v) is 7.66. The normalized spacial score (nSPS) is 18.0. The van der Waals surface area contributed by atoms with E-state index in [2.05, 4.69) is 38.8 Å². The zero-order valence-electron chi connectivity index (χ0n) is 18.9. The van der Waals surface area contributed by atoms with Gasteiger partial charge in [0.2, 0.25) is 0 Å². The van der Waals surface area contributed by atoms with Crippen LogP contribution in [0.1, 0.15) is 70.9 Å². The standard InChI is InChI=1S/C23H30BrN3O3S2/c1-12-5-6-14-16(9-12)32-20(18(14)21(28)30-23(2,3)4)27-22(29)26-10-15-13-7-8-25-11-17(13)31-19(15)24/h12,25H,5-11H2,1-4H3,(H2,26,27,29). The Labute approximate surface area is 205 Å². The van der Waals surface area contributed by atoms with Crippen LogP contribution in [-0.2, 0) is 37.1 Å². The van der Waals surface area contributed by atoms with Crippen LogP contribution in [0.5, 0.6) is 0 Å². The molecule has 1 aliphatic carbocycles. The molecule has 4 rings (SSSR count). The van der Waals surface area contributed by atoms with Crippen LogP contribution in [0.25, 0.3) is 0 Å². The molecule has 0 bridgehead atoms. The van der Waals surface area contributed by atoms with Gasteiger partial charge in [0.1, 0.15) is 10.6 Å². The molecule has 1 aliphatic heterocycles. The summed E-state index contributed by atoms with van der Waals surface area (Å²) in [5.41, 5.74) is 3.46. The lowest BCUT2D eigenvalue weighted by Gasteiger charge is -2.22. The van der Waals surface area contributed by atoms with E-state index in [1.807, 2.05) is 20.8 Å². The summed E-state index contributed by atoms with van der Waals surface area (Å²) in [4.78, 5) is 28.4. The molecule has 0 fully saturated rings. The topological polar surface area (TPSA) is 79.5 Å². The maximum Gasteiger partial charge on any atom is 0.341 e. The first kappa shape index (κ1) is 23.7. The van der Waals surface area contributed by atoms with Crippen LogP contribution in [-0.4, -0.2) is 24.1 Å². The van der Waals surface area contributed by atoms with E-state index in [0.717, 1.165) is 53.7 Å². The van der Waals surface area contributed by atoms with Crippen molar-refractivity contribution in [2.24, 2.45) is 5.92 Å². The Hall–Kier alpha value is -1.42. The first-order valence-corrected chi connectivity index (χ1v) is 13.5. The lowest BCUT2D eigenvalue weighted by Crippen LogP contribution is -2.30. The van der Waals surface area contributed by atoms with Crippen LogP contribution in [0.2, 0.25) is 0 Å². The second-order valence-corrected chi connectivity index (χ2v) is 13.1. The van der Waals surface area contributed by atoms with E-state index in [-0.39, 0.29) is 12.0 Å². The Balaban J connectivity index is 1.51. The quantitative estimate of drug-likeness (QED) is 0.440. The summed E-state index contributed by atoms with van der Waals surface area (Å²) in [6, 6.07) is -0.303. The van der Waals surface area contributed by atoms with E-state index in [1.54, 1.807) is 11.3 Å². The van der Waals surface area contributed by atoms with Crippen molar-refractivity contribution in [3.05, 3.63) is 35.8 Å². The van der Waals surface area contributed by atoms with Crippen LogP contribution < -0.4 is 16.0 Å². The Kier molecular flexibility index (Phi) is 7.00. The van der Waals surface area contributed by atoms with Crippen molar-refractivity contribution < 1.29 is 14.3 Å². The molecule has 9 heteroatoms. The molecule has 1 atom stereocenters. The minimum absolute atomic E-state index is 0.303. The Bertz CT molecular complexity index is 1040. The van der Waals surface area contributed by atoms with Gasteiger partial charge in [-0.2, -0.15) is 0 Å². The number of halogens is 1. The molecular weight excluding hydrogens is 510 g/mol. The summed E-state index contributed by atoms with van der Waals surface area (Å²) >= 11 is 6.89. The number of nitrogens with one attached hydrogen (secondary N) is 3. The zero-order valence-corrected chi connectivity index (χ0v) is 22.2. The van der Waals surface area contributed by atoms with Crippen molar-refractivity contribution in [2.75, 3.05) is 11.9 Å². The third-order valence-corrected chi connectivity index (χ3v) is 8.95. The minimum atomic E-state index is -0.591. The van der Waals surface area contributed by atoms with Gasteiger partial charge in [0.25, 0.3) is 0 Å². The summed E-state index contributed by atoms with van der Waals surface area (Å²) < 4.78 is 6.75. The van der Waals surface area contributed by atoms with Gasteiger partial charge >= 0.3 is 12.0 Å². The molecule has 2 aromatic rings. The molecule has 1 unspecified atom stereocenters. The third kappa shape index (κ3) is 5.21. The summed E-state index contributed by atoms with van der Waals surface area (Å²) in [5.74, 6) is 0.216. The first-order chi connectivity index (χ1) is 15.1. The molecule has 32 heavy (non-hydrogen) atoms. The van der Waals surface area contributed by atoms with E-state index < -0.39 is 5.60 Å². The summed E-state index contributed by atoms with van der Waals surface area (Å²) in [7, 11) is 0. The Morgan fingerprint density at radius 1 is 1.19 bits per heavy atom. The third-order valence-electron chi connectivity index (χ3n) is 5.76. The van der Waals surface area contributed by atoms with E-state index in [4.69, 9.17) is 4.74 Å². The second kappa shape index (κ2) is 9.44. The average molecular weight is 541 g/mol. The van der Waals surface area contributed by atoms with E-state index in [0.29, 0.717) is 23.0 Å². The number of urea groups is 1. The second-order valence-electron chi connectivity index (χ2n) is 9.55. The smallest absolute Gasteiger partial charge is 0.341 e. The number of carbonyl (C=O) groups is 2. The minimum Gasteiger partial charge on any atom is -0.456 e. The predicted octanol–water partition coefficient (Wildman–Crippen LogP) is 5.62. The molecule has 2 aromatic heterocycles. The van der Waals surface area contributed by atoms with Crippen molar-refractivity contribution in [1.29, 1.82) is 0 Å². The van der Waals surface area contributed by atoms with Gasteiger partial charge in [0.15, 0.2) is 0 Å². The summed E-state index contributed by atoms with van der Waals surface area (Å²) in [6.07, 6.45) is 3.78. The van der Waals surface area contributed by atoms with E-state index >= 15 is 0 Å². The van der Waals surface area contributed by atoms with Crippen LogP contribution in [0, 0.1) is 5.92 Å². The van der Waals surface area contributed by atoms with Gasteiger partial charge in [0.05, 0.1) is 9.35 Å². The highest BCUT2D eigenvalue weighted by molar-refractivity contribution is 9.11. The van der Waals surface area contributed by atoms with Gasteiger partial charge in [-0.1, -0.05) is 6.92 Å². The summed E-state index contributed by atoms with van der Waals surface area (Å²) in [6.45, 7) is 10.1. The van der Waals surface area contributed by atoms with Gasteiger partial charge in [-0.15, -0.1) is 22.7 Å². The van der Waals surface area contributed by atoms with Gasteiger partial charge in [-0.25, -0.2) is 9.59 Å². The van der Waals surface area contributed by atoms with Crippen LogP contribution in [0.4, 0.5) is 9.80 Å². The van der Waals surface area contributed by atoms with Gasteiger partial charge in [-0.05, 0) is 91.5 Å². The molecule has 2 aliphatic rings. The molecule has 0 saturated carbocycles. The number of ether oxygens (including phenoxy) is 1. The lowest BCUT2D eigenvalue weighted by atomic mass is 9.88. The lowest BCUT2D eigenvalue weighted by molar-refractivity contribution is 0.00697. The largest absolute Gasteiger partial charge is 0.456 e. The fourth-order valence-electron chi connectivity index (χ4n) is 4.24. The molecule has 0 radical (unpaired) electrons. The maximum absolute atomic E-state index is 13.0. The SMILES string of the molecule is CC1CCc2c(sc(NC(=O)NCc3c(Br)sc4c3CCNC4)c2C(=O)OC(C)(C)C)C1. The van der Waals surface area contributed by atoms with E-state index in [1.165, 1.54) is 26.7 Å². The fraction of sp³-hybridized carbons (Fsp3) is 0.565. The van der Waals surface area contributed by atoms with Crippen molar-refractivity contribution in [3.8, 4) is 0 Å². The number of carbonyl (C=O) groups excluding carboxylic acids is 2. The predicted molar refractivity (Wildman–Crippen MR) is 134 cm³/mol. The molecule has 3 N–H and O–H groups in total. The average Bonchev–Trinajstić information content (AvgIpc) is 3.20. The van der Waals surface area contributed by atoms with Crippen molar-refractivity contribution in [1.82, 2.24) is 10.6 Å². The molecule has 0 spiro atoms. The number of amides is 2. The maximum atomic E-state index is 13.0.